The van der Waals surface area contributed by atoms with E-state index >= 15 is 0 Å². The summed E-state index contributed by atoms with van der Waals surface area (Å²) in [7, 11) is 1.85. The number of ether oxygens (including phenoxy) is 1. The molecule has 2 atom stereocenters. The number of carbonyl (C=O) groups excluding carboxylic acids is 1. The van der Waals surface area contributed by atoms with Crippen LogP contribution in [0.4, 0.5) is 4.79 Å². The fraction of sp³-hybridized carbons (Fsp3) is 0.727. The van der Waals surface area contributed by atoms with E-state index in [1.54, 1.807) is 10.9 Å². The summed E-state index contributed by atoms with van der Waals surface area (Å²) in [5.74, 6) is 1.16. The van der Waals surface area contributed by atoms with Crippen LogP contribution in [-0.4, -0.2) is 40.6 Å². The van der Waals surface area contributed by atoms with Crippen molar-refractivity contribution in [3.8, 4) is 0 Å². The zero-order valence-corrected chi connectivity index (χ0v) is 10.7. The van der Waals surface area contributed by atoms with E-state index in [1.807, 2.05) is 14.0 Å². The monoisotopic (exact) mass is 253 g/mol. The predicted molar refractivity (Wildman–Crippen MR) is 64.9 cm³/mol. The second-order valence-corrected chi connectivity index (χ2v) is 4.61. The standard InChI is InChI=1S/C11H19N5O2/c1-8(10-15-13-7-16(10)2)14-11(17)12-5-9-3-4-18-6-9/h7-9H,3-6H2,1-2H3,(H2,12,14,17). The lowest BCUT2D eigenvalue weighted by Crippen LogP contribution is -2.40. The highest BCUT2D eigenvalue weighted by molar-refractivity contribution is 5.74. The van der Waals surface area contributed by atoms with Gasteiger partial charge in [0.25, 0.3) is 0 Å². The van der Waals surface area contributed by atoms with Crippen LogP contribution in [0.1, 0.15) is 25.2 Å². The molecule has 0 aromatic carbocycles. The van der Waals surface area contributed by atoms with Gasteiger partial charge in [-0.2, -0.15) is 0 Å². The van der Waals surface area contributed by atoms with Gasteiger partial charge >= 0.3 is 6.03 Å². The Hall–Kier alpha value is -1.63. The van der Waals surface area contributed by atoms with E-state index in [1.165, 1.54) is 0 Å². The molecule has 2 heterocycles. The van der Waals surface area contributed by atoms with E-state index in [9.17, 15) is 4.79 Å². The van der Waals surface area contributed by atoms with Crippen molar-refractivity contribution in [2.24, 2.45) is 13.0 Å². The fourth-order valence-corrected chi connectivity index (χ4v) is 1.98. The molecule has 1 fully saturated rings. The van der Waals surface area contributed by atoms with Crippen molar-refractivity contribution in [3.05, 3.63) is 12.2 Å². The summed E-state index contributed by atoms with van der Waals surface area (Å²) in [5.41, 5.74) is 0. The third kappa shape index (κ3) is 3.19. The highest BCUT2D eigenvalue weighted by Crippen LogP contribution is 2.11. The zero-order valence-electron chi connectivity index (χ0n) is 10.7. The van der Waals surface area contributed by atoms with Crippen LogP contribution in [0.2, 0.25) is 0 Å². The van der Waals surface area contributed by atoms with Crippen LogP contribution >= 0.6 is 0 Å². The van der Waals surface area contributed by atoms with E-state index in [-0.39, 0.29) is 12.1 Å². The Balaban J connectivity index is 1.75. The maximum Gasteiger partial charge on any atom is 0.315 e. The van der Waals surface area contributed by atoms with Crippen molar-refractivity contribution in [1.82, 2.24) is 25.4 Å². The van der Waals surface area contributed by atoms with E-state index in [0.29, 0.717) is 12.5 Å². The van der Waals surface area contributed by atoms with Gasteiger partial charge in [-0.25, -0.2) is 4.79 Å². The van der Waals surface area contributed by atoms with Crippen LogP contribution in [0.3, 0.4) is 0 Å². The third-order valence-corrected chi connectivity index (χ3v) is 3.06. The molecular formula is C11H19N5O2. The normalized spacial score (nSPS) is 20.7. The molecule has 0 spiro atoms. The van der Waals surface area contributed by atoms with Gasteiger partial charge in [0.05, 0.1) is 12.6 Å². The summed E-state index contributed by atoms with van der Waals surface area (Å²) in [6.45, 7) is 4.06. The maximum absolute atomic E-state index is 11.7. The minimum Gasteiger partial charge on any atom is -0.381 e. The Morgan fingerprint density at radius 3 is 3.17 bits per heavy atom. The average Bonchev–Trinajstić information content (AvgIpc) is 2.97. The first-order valence-corrected chi connectivity index (χ1v) is 6.13. The average molecular weight is 253 g/mol. The van der Waals surface area contributed by atoms with E-state index in [0.717, 1.165) is 25.5 Å². The number of rotatable bonds is 4. The van der Waals surface area contributed by atoms with Gasteiger partial charge in [-0.1, -0.05) is 0 Å². The van der Waals surface area contributed by atoms with Crippen LogP contribution in [0, 0.1) is 5.92 Å². The quantitative estimate of drug-likeness (QED) is 0.804. The topological polar surface area (TPSA) is 81.1 Å². The molecule has 0 bridgehead atoms. The molecule has 1 saturated heterocycles. The second-order valence-electron chi connectivity index (χ2n) is 4.61. The van der Waals surface area contributed by atoms with E-state index < -0.39 is 0 Å². The molecule has 2 unspecified atom stereocenters. The first kappa shape index (κ1) is 12.8. The van der Waals surface area contributed by atoms with Gasteiger partial charge in [0.2, 0.25) is 0 Å². The van der Waals surface area contributed by atoms with Crippen molar-refractivity contribution >= 4 is 6.03 Å². The number of amides is 2. The lowest BCUT2D eigenvalue weighted by Gasteiger charge is -2.15. The molecule has 1 aliphatic heterocycles. The Morgan fingerprint density at radius 2 is 2.56 bits per heavy atom. The predicted octanol–water partition coefficient (Wildman–Crippen LogP) is 0.212. The second kappa shape index (κ2) is 5.81. The number of nitrogens with one attached hydrogen (secondary N) is 2. The minimum atomic E-state index is -0.183. The lowest BCUT2D eigenvalue weighted by molar-refractivity contribution is 0.185. The molecular weight excluding hydrogens is 234 g/mol. The molecule has 100 valence electrons. The summed E-state index contributed by atoms with van der Waals surface area (Å²) >= 11 is 0. The van der Waals surface area contributed by atoms with Gasteiger partial charge in [-0.3, -0.25) is 0 Å². The van der Waals surface area contributed by atoms with Crippen molar-refractivity contribution in [2.75, 3.05) is 19.8 Å². The Labute approximate surface area is 106 Å². The molecule has 2 rings (SSSR count). The minimum absolute atomic E-state index is 0.169. The van der Waals surface area contributed by atoms with Gasteiger partial charge in [0.15, 0.2) is 5.82 Å². The highest BCUT2D eigenvalue weighted by atomic mass is 16.5. The SMILES string of the molecule is CC(NC(=O)NCC1CCOC1)c1nncn1C. The van der Waals surface area contributed by atoms with Crippen LogP contribution < -0.4 is 10.6 Å². The molecule has 1 aliphatic rings. The Kier molecular flexibility index (Phi) is 4.14. The molecule has 1 aromatic heterocycles. The number of aromatic nitrogens is 3. The zero-order chi connectivity index (χ0) is 13.0. The Bertz CT molecular complexity index is 400. The van der Waals surface area contributed by atoms with Crippen molar-refractivity contribution in [2.45, 2.75) is 19.4 Å². The van der Waals surface area contributed by atoms with Gasteiger partial charge < -0.3 is 19.9 Å². The van der Waals surface area contributed by atoms with Gasteiger partial charge in [0.1, 0.15) is 6.33 Å². The van der Waals surface area contributed by atoms with Crippen molar-refractivity contribution in [1.29, 1.82) is 0 Å². The first-order chi connectivity index (χ1) is 8.66. The first-order valence-electron chi connectivity index (χ1n) is 6.13. The summed E-state index contributed by atoms with van der Waals surface area (Å²) < 4.78 is 7.04. The largest absolute Gasteiger partial charge is 0.381 e. The van der Waals surface area contributed by atoms with E-state index in [4.69, 9.17) is 4.74 Å². The molecule has 1 aromatic rings. The van der Waals surface area contributed by atoms with Gasteiger partial charge in [0, 0.05) is 26.1 Å². The highest BCUT2D eigenvalue weighted by Gasteiger charge is 2.18. The van der Waals surface area contributed by atoms with Crippen LogP contribution in [-0.2, 0) is 11.8 Å². The third-order valence-electron chi connectivity index (χ3n) is 3.06. The molecule has 0 saturated carbocycles. The number of hydrogen-bond acceptors (Lipinski definition) is 4. The number of hydrogen-bond donors (Lipinski definition) is 2. The molecule has 2 N–H and O–H groups in total. The van der Waals surface area contributed by atoms with Crippen LogP contribution in [0.5, 0.6) is 0 Å². The molecule has 7 heteroatoms. The summed E-state index contributed by atoms with van der Waals surface area (Å²) in [5, 5.41) is 13.4. The number of aryl methyl sites for hydroxylation is 1. The van der Waals surface area contributed by atoms with Crippen molar-refractivity contribution in [3.63, 3.8) is 0 Å². The Morgan fingerprint density at radius 1 is 1.72 bits per heavy atom. The molecule has 18 heavy (non-hydrogen) atoms. The van der Waals surface area contributed by atoms with Gasteiger partial charge in [-0.15, -0.1) is 10.2 Å². The summed E-state index contributed by atoms with van der Waals surface area (Å²) in [6.07, 6.45) is 2.63. The number of carbonyl (C=O) groups is 1. The smallest absolute Gasteiger partial charge is 0.315 e. The van der Waals surface area contributed by atoms with Gasteiger partial charge in [-0.05, 0) is 13.3 Å². The van der Waals surface area contributed by atoms with E-state index in [2.05, 4.69) is 20.8 Å². The molecule has 0 radical (unpaired) electrons. The number of urea groups is 1. The maximum atomic E-state index is 11.7. The number of nitrogens with zero attached hydrogens (tertiary/aromatic N) is 3. The molecule has 7 nitrogen and oxygen atoms in total. The fourth-order valence-electron chi connectivity index (χ4n) is 1.98. The van der Waals surface area contributed by atoms with Crippen LogP contribution in [0.25, 0.3) is 0 Å². The summed E-state index contributed by atoms with van der Waals surface area (Å²) in [6, 6.07) is -0.352. The lowest BCUT2D eigenvalue weighted by atomic mass is 10.1. The van der Waals surface area contributed by atoms with Crippen LogP contribution in [0.15, 0.2) is 6.33 Å². The van der Waals surface area contributed by atoms with Crippen molar-refractivity contribution < 1.29 is 9.53 Å². The molecule has 2 amide bonds. The summed E-state index contributed by atoms with van der Waals surface area (Å²) in [4.78, 5) is 11.7. The molecule has 0 aliphatic carbocycles.